The predicted octanol–water partition coefficient (Wildman–Crippen LogP) is 2.13. The minimum Gasteiger partial charge on any atom is -0.347 e. The first kappa shape index (κ1) is 22.9. The van der Waals surface area contributed by atoms with Gasteiger partial charge in [-0.25, -0.2) is 4.98 Å². The van der Waals surface area contributed by atoms with E-state index in [9.17, 15) is 14.4 Å². The fourth-order valence-corrected chi connectivity index (χ4v) is 5.43. The van der Waals surface area contributed by atoms with Gasteiger partial charge in [0.2, 0.25) is 12.3 Å². The van der Waals surface area contributed by atoms with Crippen LogP contribution in [0.15, 0.2) is 23.4 Å². The summed E-state index contributed by atoms with van der Waals surface area (Å²) >= 11 is 3.16. The largest absolute Gasteiger partial charge is 0.347 e. The number of nitrogens with zero attached hydrogens (tertiary/aromatic N) is 3. The lowest BCUT2D eigenvalue weighted by Crippen LogP contribution is -2.48. The maximum Gasteiger partial charge on any atom is 0.256 e. The molecule has 2 fully saturated rings. The Hall–Kier alpha value is -1.74. The Morgan fingerprint density at radius 3 is 2.57 bits per heavy atom. The van der Waals surface area contributed by atoms with Gasteiger partial charge in [-0.15, -0.1) is 11.8 Å². The maximum absolute atomic E-state index is 13.0. The van der Waals surface area contributed by atoms with Crippen LogP contribution in [0.3, 0.4) is 0 Å². The number of hydrogen-bond acceptors (Lipinski definition) is 6. The van der Waals surface area contributed by atoms with Crippen LogP contribution in [0.1, 0.15) is 36.0 Å². The number of carbonyl (C=O) groups excluding carboxylic acids is 3. The average Bonchev–Trinajstić information content (AvgIpc) is 3.19. The smallest absolute Gasteiger partial charge is 0.256 e. The molecule has 9 heteroatoms. The van der Waals surface area contributed by atoms with Crippen LogP contribution >= 0.6 is 23.5 Å². The Morgan fingerprint density at radius 1 is 1.23 bits per heavy atom. The third-order valence-corrected chi connectivity index (χ3v) is 7.59. The number of amides is 3. The lowest BCUT2D eigenvalue weighted by atomic mass is 9.77. The van der Waals surface area contributed by atoms with Crippen LogP contribution in [0.2, 0.25) is 0 Å². The van der Waals surface area contributed by atoms with E-state index in [-0.39, 0.29) is 17.2 Å². The summed E-state index contributed by atoms with van der Waals surface area (Å²) in [7, 11) is 0. The zero-order valence-corrected chi connectivity index (χ0v) is 19.3. The van der Waals surface area contributed by atoms with Gasteiger partial charge in [0.1, 0.15) is 11.1 Å². The molecular formula is C21H30N4O3S2. The van der Waals surface area contributed by atoms with E-state index in [1.807, 2.05) is 28.4 Å². The third-order valence-electron chi connectivity index (χ3n) is 6.23. The summed E-state index contributed by atoms with van der Waals surface area (Å²) in [6, 6.07) is 3.21. The SMILES string of the molecule is CSCC[C@H](NC=O)C(=O)N1CCC2(CCN(C(=O)c3cccnc3SC)CC2)C1. The van der Waals surface area contributed by atoms with Crippen LogP contribution in [-0.2, 0) is 9.59 Å². The summed E-state index contributed by atoms with van der Waals surface area (Å²) in [4.78, 5) is 45.0. The second-order valence-electron chi connectivity index (χ2n) is 7.98. The monoisotopic (exact) mass is 450 g/mol. The van der Waals surface area contributed by atoms with Crippen LogP contribution in [-0.4, -0.2) is 83.5 Å². The number of aromatic nitrogens is 1. The van der Waals surface area contributed by atoms with E-state index in [0.717, 1.165) is 36.6 Å². The van der Waals surface area contributed by atoms with Crippen molar-refractivity contribution in [1.82, 2.24) is 20.1 Å². The minimum atomic E-state index is -0.442. The zero-order valence-electron chi connectivity index (χ0n) is 17.6. The molecule has 2 aliphatic rings. The van der Waals surface area contributed by atoms with Crippen LogP contribution in [0, 0.1) is 5.41 Å². The summed E-state index contributed by atoms with van der Waals surface area (Å²) < 4.78 is 0. The molecule has 164 valence electrons. The van der Waals surface area contributed by atoms with E-state index >= 15 is 0 Å². The van der Waals surface area contributed by atoms with Gasteiger partial charge >= 0.3 is 0 Å². The molecule has 1 atom stereocenters. The summed E-state index contributed by atoms with van der Waals surface area (Å²) in [5, 5.41) is 3.45. The number of thioether (sulfide) groups is 2. The van der Waals surface area contributed by atoms with Crippen molar-refractivity contribution in [3.05, 3.63) is 23.9 Å². The summed E-state index contributed by atoms with van der Waals surface area (Å²) in [6.45, 7) is 2.84. The summed E-state index contributed by atoms with van der Waals surface area (Å²) in [6.07, 6.45) is 9.66. The number of pyridine rings is 1. The number of piperidine rings is 1. The van der Waals surface area contributed by atoms with Crippen LogP contribution in [0.5, 0.6) is 0 Å². The predicted molar refractivity (Wildman–Crippen MR) is 121 cm³/mol. The molecule has 7 nitrogen and oxygen atoms in total. The van der Waals surface area contributed by atoms with Gasteiger partial charge in [0.05, 0.1) is 5.56 Å². The standard InChI is InChI=1S/C21H30N4O3S2/c1-29-13-5-17(23-15-26)20(28)25-12-8-21(14-25)6-10-24(11-7-21)19(27)16-4-3-9-22-18(16)30-2/h3-4,9,15,17H,5-8,10-14H2,1-2H3,(H,23,26)/t17-/m0/s1. The molecule has 2 saturated heterocycles. The molecule has 0 radical (unpaired) electrons. The van der Waals surface area contributed by atoms with Crippen molar-refractivity contribution in [1.29, 1.82) is 0 Å². The zero-order chi connectivity index (χ0) is 21.6. The Bertz CT molecular complexity index is 768. The van der Waals surface area contributed by atoms with Gasteiger partial charge in [0.25, 0.3) is 5.91 Å². The molecule has 1 N–H and O–H groups in total. The molecule has 2 aliphatic heterocycles. The van der Waals surface area contributed by atoms with Gasteiger partial charge in [0, 0.05) is 32.4 Å². The van der Waals surface area contributed by atoms with Gasteiger partial charge in [-0.05, 0) is 61.5 Å². The Morgan fingerprint density at radius 2 is 1.93 bits per heavy atom. The van der Waals surface area contributed by atoms with Gasteiger partial charge in [-0.3, -0.25) is 14.4 Å². The van der Waals surface area contributed by atoms with Crippen molar-refractivity contribution in [3.63, 3.8) is 0 Å². The molecule has 3 heterocycles. The fraction of sp³-hybridized carbons (Fsp3) is 0.619. The topological polar surface area (TPSA) is 82.6 Å². The average molecular weight is 451 g/mol. The van der Waals surface area contributed by atoms with Crippen LogP contribution in [0.4, 0.5) is 0 Å². The molecule has 1 aromatic rings. The molecule has 30 heavy (non-hydrogen) atoms. The fourth-order valence-electron chi connectivity index (χ4n) is 4.42. The molecule has 0 aromatic carbocycles. The first-order valence-electron chi connectivity index (χ1n) is 10.3. The van der Waals surface area contributed by atoms with Gasteiger partial charge in [-0.1, -0.05) is 0 Å². The van der Waals surface area contributed by atoms with E-state index in [0.29, 0.717) is 38.0 Å². The molecule has 3 rings (SSSR count). The van der Waals surface area contributed by atoms with Crippen molar-refractivity contribution in [2.75, 3.05) is 44.4 Å². The highest BCUT2D eigenvalue weighted by molar-refractivity contribution is 7.98. The normalized spacial score (nSPS) is 19.0. The Labute approximate surface area is 186 Å². The number of nitrogens with one attached hydrogen (secondary N) is 1. The van der Waals surface area contributed by atoms with Gasteiger partial charge in [-0.2, -0.15) is 11.8 Å². The first-order chi connectivity index (χ1) is 14.5. The number of hydrogen-bond donors (Lipinski definition) is 1. The van der Waals surface area contributed by atoms with Gasteiger partial charge < -0.3 is 15.1 Å². The highest BCUT2D eigenvalue weighted by Gasteiger charge is 2.43. The molecule has 0 aliphatic carbocycles. The van der Waals surface area contributed by atoms with E-state index in [1.165, 1.54) is 11.8 Å². The Kier molecular flexibility index (Phi) is 8.05. The highest BCUT2D eigenvalue weighted by atomic mass is 32.2. The molecule has 0 saturated carbocycles. The van der Waals surface area contributed by atoms with Crippen molar-refractivity contribution in [3.8, 4) is 0 Å². The molecule has 1 aromatic heterocycles. The van der Waals surface area contributed by atoms with E-state index in [4.69, 9.17) is 0 Å². The first-order valence-corrected chi connectivity index (χ1v) is 12.9. The molecule has 3 amide bonds. The lowest BCUT2D eigenvalue weighted by Gasteiger charge is -2.39. The second-order valence-corrected chi connectivity index (χ2v) is 9.76. The summed E-state index contributed by atoms with van der Waals surface area (Å²) in [5.41, 5.74) is 0.746. The number of likely N-dealkylation sites (tertiary alicyclic amines) is 2. The van der Waals surface area contributed by atoms with Crippen molar-refractivity contribution < 1.29 is 14.4 Å². The van der Waals surface area contributed by atoms with Crippen molar-refractivity contribution >= 4 is 41.7 Å². The quantitative estimate of drug-likeness (QED) is 0.483. The van der Waals surface area contributed by atoms with Gasteiger partial charge in [0.15, 0.2) is 0 Å². The van der Waals surface area contributed by atoms with E-state index in [1.54, 1.807) is 24.0 Å². The maximum atomic E-state index is 13.0. The summed E-state index contributed by atoms with van der Waals surface area (Å²) in [5.74, 6) is 0.895. The minimum absolute atomic E-state index is 0.0199. The third kappa shape index (κ3) is 5.11. The van der Waals surface area contributed by atoms with Crippen LogP contribution in [0.25, 0.3) is 0 Å². The molecule has 0 unspecified atom stereocenters. The molecule has 0 bridgehead atoms. The lowest BCUT2D eigenvalue weighted by molar-refractivity contribution is -0.134. The number of carbonyl (C=O) groups is 3. The highest BCUT2D eigenvalue weighted by Crippen LogP contribution is 2.41. The number of rotatable bonds is 8. The van der Waals surface area contributed by atoms with Crippen molar-refractivity contribution in [2.45, 2.75) is 36.8 Å². The van der Waals surface area contributed by atoms with E-state index in [2.05, 4.69) is 10.3 Å². The van der Waals surface area contributed by atoms with E-state index < -0.39 is 6.04 Å². The second kappa shape index (κ2) is 10.5. The molecule has 1 spiro atoms. The van der Waals surface area contributed by atoms with Crippen LogP contribution < -0.4 is 5.32 Å². The molecular weight excluding hydrogens is 420 g/mol. The van der Waals surface area contributed by atoms with Crippen molar-refractivity contribution in [2.24, 2.45) is 5.41 Å². The Balaban J connectivity index is 1.58.